The molecule has 154 valence electrons. The van der Waals surface area contributed by atoms with Crippen molar-refractivity contribution < 1.29 is 4.74 Å². The molecule has 27 heavy (non-hydrogen) atoms. The van der Waals surface area contributed by atoms with E-state index in [1.807, 2.05) is 0 Å². The number of fused-ring (bicyclic) bond motifs is 1. The third kappa shape index (κ3) is 6.11. The highest BCUT2D eigenvalue weighted by atomic mass is 16.5. The Bertz CT molecular complexity index is 551. The first kappa shape index (κ1) is 21.0. The summed E-state index contributed by atoms with van der Waals surface area (Å²) in [6, 6.07) is 0. The van der Waals surface area contributed by atoms with Crippen molar-refractivity contribution in [3.8, 4) is 0 Å². The number of piperidine rings is 1. The molecule has 1 saturated heterocycles. The molecule has 0 bridgehead atoms. The molecule has 0 aromatic heterocycles. The lowest BCUT2D eigenvalue weighted by Gasteiger charge is -2.41. The molecule has 0 amide bonds. The molecule has 1 aliphatic heterocycles. The van der Waals surface area contributed by atoms with E-state index in [2.05, 4.69) is 51.7 Å². The number of nitrogens with zero attached hydrogens (tertiary/aromatic N) is 1. The quantitative estimate of drug-likeness (QED) is 0.521. The first-order chi connectivity index (χ1) is 12.7. The summed E-state index contributed by atoms with van der Waals surface area (Å²) in [4.78, 5) is 2.66. The van der Waals surface area contributed by atoms with Crippen LogP contribution in [-0.4, -0.2) is 31.1 Å². The molecule has 0 aromatic rings. The third-order valence-corrected chi connectivity index (χ3v) is 7.02. The number of rotatable bonds is 6. The van der Waals surface area contributed by atoms with E-state index in [-0.39, 0.29) is 5.41 Å². The zero-order valence-corrected chi connectivity index (χ0v) is 18.7. The average molecular weight is 374 g/mol. The molecule has 2 heteroatoms. The molecular weight excluding hydrogens is 330 g/mol. The monoisotopic (exact) mass is 373 g/mol. The van der Waals surface area contributed by atoms with Gasteiger partial charge >= 0.3 is 0 Å². The van der Waals surface area contributed by atoms with Gasteiger partial charge in [0.05, 0.1) is 5.76 Å². The van der Waals surface area contributed by atoms with Gasteiger partial charge in [-0.15, -0.1) is 0 Å². The van der Waals surface area contributed by atoms with Crippen LogP contribution in [0.4, 0.5) is 0 Å². The van der Waals surface area contributed by atoms with Gasteiger partial charge < -0.3 is 4.74 Å². The van der Waals surface area contributed by atoms with Crippen molar-refractivity contribution in [3.63, 3.8) is 0 Å². The normalized spacial score (nSPS) is 27.6. The molecule has 2 fully saturated rings. The summed E-state index contributed by atoms with van der Waals surface area (Å²) in [5.41, 5.74) is 2.24. The molecular formula is C25H43NO. The summed E-state index contributed by atoms with van der Waals surface area (Å²) >= 11 is 0. The molecule has 1 heterocycles. The van der Waals surface area contributed by atoms with E-state index in [0.29, 0.717) is 5.41 Å². The van der Waals surface area contributed by atoms with Gasteiger partial charge in [0.25, 0.3) is 0 Å². The van der Waals surface area contributed by atoms with E-state index in [0.717, 1.165) is 37.8 Å². The van der Waals surface area contributed by atoms with Crippen molar-refractivity contribution >= 4 is 0 Å². The van der Waals surface area contributed by atoms with Crippen molar-refractivity contribution in [2.24, 2.45) is 22.7 Å². The number of ether oxygens (including phenoxy) is 1. The predicted octanol–water partition coefficient (Wildman–Crippen LogP) is 6.58. The maximum atomic E-state index is 6.16. The number of hydrogen-bond donors (Lipinski definition) is 0. The standard InChI is InChI=1S/C25H43NO/c1-24(2,3)19-25(4,5)22-10-12-23(13-11-22)27-17-16-26-15-14-20-8-6-7-9-21(20)18-26/h10,12,20-21H,6-9,11,13-19H2,1-5H3. The topological polar surface area (TPSA) is 12.5 Å². The maximum Gasteiger partial charge on any atom is 0.100 e. The molecule has 0 N–H and O–H groups in total. The van der Waals surface area contributed by atoms with Gasteiger partial charge in [-0.05, 0) is 61.0 Å². The van der Waals surface area contributed by atoms with E-state index < -0.39 is 0 Å². The summed E-state index contributed by atoms with van der Waals surface area (Å²) in [7, 11) is 0. The lowest BCUT2D eigenvalue weighted by atomic mass is 9.70. The molecule has 2 unspecified atom stereocenters. The van der Waals surface area contributed by atoms with Crippen LogP contribution in [-0.2, 0) is 4.74 Å². The van der Waals surface area contributed by atoms with Crippen molar-refractivity contribution in [2.45, 2.75) is 86.0 Å². The van der Waals surface area contributed by atoms with Gasteiger partial charge in [0.2, 0.25) is 0 Å². The molecule has 0 spiro atoms. The van der Waals surface area contributed by atoms with Crippen LogP contribution in [0.3, 0.4) is 0 Å². The second kappa shape index (κ2) is 8.72. The van der Waals surface area contributed by atoms with E-state index >= 15 is 0 Å². The molecule has 0 radical (unpaired) electrons. The Morgan fingerprint density at radius 2 is 1.70 bits per heavy atom. The maximum absolute atomic E-state index is 6.16. The second-order valence-electron chi connectivity index (χ2n) is 11.2. The van der Waals surface area contributed by atoms with Gasteiger partial charge in [0.15, 0.2) is 0 Å². The molecule has 2 aliphatic carbocycles. The van der Waals surface area contributed by atoms with Crippen LogP contribution >= 0.6 is 0 Å². The Morgan fingerprint density at radius 1 is 0.963 bits per heavy atom. The van der Waals surface area contributed by atoms with Crippen molar-refractivity contribution in [1.82, 2.24) is 4.90 Å². The zero-order chi connectivity index (χ0) is 19.5. The minimum Gasteiger partial charge on any atom is -0.497 e. The fourth-order valence-corrected chi connectivity index (χ4v) is 5.93. The van der Waals surface area contributed by atoms with E-state index in [4.69, 9.17) is 4.74 Å². The minimum absolute atomic E-state index is 0.282. The van der Waals surface area contributed by atoms with Gasteiger partial charge in [-0.3, -0.25) is 4.90 Å². The van der Waals surface area contributed by atoms with Crippen molar-refractivity contribution in [1.29, 1.82) is 0 Å². The smallest absolute Gasteiger partial charge is 0.100 e. The Kier molecular flexibility index (Phi) is 6.77. The first-order valence-electron chi connectivity index (χ1n) is 11.5. The van der Waals surface area contributed by atoms with Crippen molar-refractivity contribution in [3.05, 3.63) is 23.5 Å². The molecule has 1 saturated carbocycles. The van der Waals surface area contributed by atoms with E-state index in [1.54, 1.807) is 5.57 Å². The minimum atomic E-state index is 0.282. The molecule has 2 atom stereocenters. The summed E-state index contributed by atoms with van der Waals surface area (Å²) in [6.45, 7) is 16.4. The van der Waals surface area contributed by atoms with Gasteiger partial charge in [-0.2, -0.15) is 0 Å². The second-order valence-corrected chi connectivity index (χ2v) is 11.2. The highest BCUT2D eigenvalue weighted by Crippen LogP contribution is 2.42. The number of likely N-dealkylation sites (tertiary alicyclic amines) is 1. The fourth-order valence-electron chi connectivity index (χ4n) is 5.93. The molecule has 2 nitrogen and oxygen atoms in total. The summed E-state index contributed by atoms with van der Waals surface area (Å²) in [5.74, 6) is 3.19. The van der Waals surface area contributed by atoms with Crippen LogP contribution in [0.2, 0.25) is 0 Å². The lowest BCUT2D eigenvalue weighted by Crippen LogP contribution is -2.43. The first-order valence-corrected chi connectivity index (χ1v) is 11.5. The predicted molar refractivity (Wildman–Crippen MR) is 116 cm³/mol. The number of allylic oxidation sites excluding steroid dienone is 4. The SMILES string of the molecule is CC(C)(C)CC(C)(C)C1=CC=C(OCCN2CCC3CCCCC3C2)CC1. The Hall–Kier alpha value is -0.760. The van der Waals surface area contributed by atoms with Crippen LogP contribution in [0.1, 0.15) is 86.0 Å². The highest BCUT2D eigenvalue weighted by Gasteiger charge is 2.31. The zero-order valence-electron chi connectivity index (χ0n) is 18.7. The fraction of sp³-hybridized carbons (Fsp3) is 0.840. The summed E-state index contributed by atoms with van der Waals surface area (Å²) in [6.07, 6.45) is 15.4. The average Bonchev–Trinajstić information content (AvgIpc) is 2.60. The van der Waals surface area contributed by atoms with Gasteiger partial charge in [-0.25, -0.2) is 0 Å². The molecule has 0 aromatic carbocycles. The van der Waals surface area contributed by atoms with E-state index in [1.165, 1.54) is 57.4 Å². The van der Waals surface area contributed by atoms with Gasteiger partial charge in [0.1, 0.15) is 6.61 Å². The summed E-state index contributed by atoms with van der Waals surface area (Å²) in [5, 5.41) is 0. The van der Waals surface area contributed by atoms with Crippen LogP contribution < -0.4 is 0 Å². The lowest BCUT2D eigenvalue weighted by molar-refractivity contribution is 0.0659. The van der Waals surface area contributed by atoms with E-state index in [9.17, 15) is 0 Å². The van der Waals surface area contributed by atoms with Crippen LogP contribution in [0.25, 0.3) is 0 Å². The molecule has 3 aliphatic rings. The third-order valence-electron chi connectivity index (χ3n) is 7.02. The highest BCUT2D eigenvalue weighted by molar-refractivity contribution is 5.25. The van der Waals surface area contributed by atoms with Crippen LogP contribution in [0, 0.1) is 22.7 Å². The number of hydrogen-bond acceptors (Lipinski definition) is 2. The van der Waals surface area contributed by atoms with Gasteiger partial charge in [0, 0.05) is 19.5 Å². The van der Waals surface area contributed by atoms with Crippen molar-refractivity contribution in [2.75, 3.05) is 26.2 Å². The molecule has 3 rings (SSSR count). The van der Waals surface area contributed by atoms with Gasteiger partial charge in [-0.1, -0.05) is 65.5 Å². The largest absolute Gasteiger partial charge is 0.497 e. The Balaban J connectivity index is 1.43. The Labute approximate surface area is 168 Å². The summed E-state index contributed by atoms with van der Waals surface area (Å²) < 4.78 is 6.16. The Morgan fingerprint density at radius 3 is 2.37 bits per heavy atom. The van der Waals surface area contributed by atoms with Crippen LogP contribution in [0.5, 0.6) is 0 Å². The van der Waals surface area contributed by atoms with Crippen LogP contribution in [0.15, 0.2) is 23.5 Å².